The quantitative estimate of drug-likeness (QED) is 0.748. The van der Waals surface area contributed by atoms with Gasteiger partial charge in [0.2, 0.25) is 0 Å². The number of nitrogens with zero attached hydrogens (tertiary/aromatic N) is 3. The number of aromatic nitrogens is 1. The van der Waals surface area contributed by atoms with Gasteiger partial charge in [0.05, 0.1) is 24.2 Å². The summed E-state index contributed by atoms with van der Waals surface area (Å²) in [5.74, 6) is 0. The Morgan fingerprint density at radius 2 is 2.00 bits per heavy atom. The van der Waals surface area contributed by atoms with Gasteiger partial charge in [-0.2, -0.15) is 0 Å². The third kappa shape index (κ3) is 3.15. The zero-order valence-electron chi connectivity index (χ0n) is 10.0. The minimum Gasteiger partial charge on any atom is -0.395 e. The topological polar surface area (TPSA) is 65.6 Å². The first kappa shape index (κ1) is 12.3. The van der Waals surface area contributed by atoms with E-state index < -0.39 is 0 Å². The van der Waals surface area contributed by atoms with Gasteiger partial charge >= 0.3 is 0 Å². The van der Waals surface area contributed by atoms with Gasteiger partial charge in [-0.25, -0.2) is 0 Å². The summed E-state index contributed by atoms with van der Waals surface area (Å²) >= 11 is 0. The van der Waals surface area contributed by atoms with Crippen molar-refractivity contribution in [3.63, 3.8) is 0 Å². The van der Waals surface area contributed by atoms with Crippen molar-refractivity contribution in [3.05, 3.63) is 24.0 Å². The van der Waals surface area contributed by atoms with E-state index in [1.54, 1.807) is 0 Å². The molecule has 0 saturated carbocycles. The molecular weight excluding hydrogens is 216 g/mol. The van der Waals surface area contributed by atoms with Crippen molar-refractivity contribution in [2.24, 2.45) is 5.73 Å². The van der Waals surface area contributed by atoms with E-state index in [4.69, 9.17) is 10.8 Å². The molecule has 0 amide bonds. The van der Waals surface area contributed by atoms with Gasteiger partial charge in [-0.15, -0.1) is 0 Å². The lowest BCUT2D eigenvalue weighted by molar-refractivity contribution is 0.189. The summed E-state index contributed by atoms with van der Waals surface area (Å²) < 4.78 is 0. The van der Waals surface area contributed by atoms with Crippen LogP contribution in [0.25, 0.3) is 0 Å². The Morgan fingerprint density at radius 3 is 2.53 bits per heavy atom. The molecule has 5 nitrogen and oxygen atoms in total. The van der Waals surface area contributed by atoms with Crippen molar-refractivity contribution in [1.29, 1.82) is 0 Å². The molecule has 0 aromatic carbocycles. The summed E-state index contributed by atoms with van der Waals surface area (Å²) in [4.78, 5) is 8.90. The highest BCUT2D eigenvalue weighted by atomic mass is 16.3. The molecule has 0 radical (unpaired) electrons. The number of piperazine rings is 1. The highest BCUT2D eigenvalue weighted by Crippen LogP contribution is 2.15. The molecular formula is C12H20N4O. The number of aliphatic hydroxyl groups excluding tert-OH is 1. The van der Waals surface area contributed by atoms with Gasteiger partial charge in [0.1, 0.15) is 0 Å². The van der Waals surface area contributed by atoms with Crippen LogP contribution in [0.2, 0.25) is 0 Å². The number of β-amino-alcohol motifs (C(OH)–C–C–N with tert-alkyl or cyclic N) is 1. The van der Waals surface area contributed by atoms with E-state index in [0.717, 1.165) is 44.1 Å². The first-order valence-electron chi connectivity index (χ1n) is 6.06. The maximum Gasteiger partial charge on any atom is 0.0558 e. The monoisotopic (exact) mass is 236 g/mol. The maximum atomic E-state index is 8.88. The lowest BCUT2D eigenvalue weighted by Crippen LogP contribution is -2.47. The van der Waals surface area contributed by atoms with Crippen LogP contribution in [0.3, 0.4) is 0 Å². The van der Waals surface area contributed by atoms with Crippen LogP contribution in [0.5, 0.6) is 0 Å². The molecule has 0 unspecified atom stereocenters. The second-order valence-electron chi connectivity index (χ2n) is 4.26. The molecule has 1 aliphatic rings. The third-order valence-electron chi connectivity index (χ3n) is 3.17. The Morgan fingerprint density at radius 1 is 1.24 bits per heavy atom. The third-order valence-corrected chi connectivity index (χ3v) is 3.17. The number of aliphatic hydroxyl groups is 1. The molecule has 0 spiro atoms. The summed E-state index contributed by atoms with van der Waals surface area (Å²) in [5.41, 5.74) is 7.61. The van der Waals surface area contributed by atoms with Crippen LogP contribution in [0.15, 0.2) is 18.3 Å². The second-order valence-corrected chi connectivity index (χ2v) is 4.26. The Balaban J connectivity index is 1.91. The van der Waals surface area contributed by atoms with Crippen molar-refractivity contribution in [2.45, 2.75) is 6.54 Å². The Kier molecular flexibility index (Phi) is 4.30. The molecule has 94 valence electrons. The van der Waals surface area contributed by atoms with Gasteiger partial charge in [0.25, 0.3) is 0 Å². The molecule has 0 bridgehead atoms. The molecule has 0 aliphatic carbocycles. The highest BCUT2D eigenvalue weighted by Gasteiger charge is 2.16. The van der Waals surface area contributed by atoms with Crippen molar-refractivity contribution in [2.75, 3.05) is 44.2 Å². The number of anilines is 1. The van der Waals surface area contributed by atoms with Gasteiger partial charge < -0.3 is 15.7 Å². The summed E-state index contributed by atoms with van der Waals surface area (Å²) in [6, 6.07) is 4.06. The van der Waals surface area contributed by atoms with Crippen LogP contribution in [0.4, 0.5) is 5.69 Å². The number of hydrogen-bond donors (Lipinski definition) is 2. The summed E-state index contributed by atoms with van der Waals surface area (Å²) in [6.45, 7) is 5.49. The summed E-state index contributed by atoms with van der Waals surface area (Å²) in [7, 11) is 0. The molecule has 17 heavy (non-hydrogen) atoms. The van der Waals surface area contributed by atoms with Crippen LogP contribution in [-0.2, 0) is 6.54 Å². The molecule has 2 heterocycles. The van der Waals surface area contributed by atoms with Gasteiger partial charge in [-0.1, -0.05) is 0 Å². The SMILES string of the molecule is NCc1ccc(N2CCN(CCO)CC2)cn1. The van der Waals surface area contributed by atoms with Gasteiger partial charge in [-0.05, 0) is 12.1 Å². The van der Waals surface area contributed by atoms with Crippen molar-refractivity contribution >= 4 is 5.69 Å². The van der Waals surface area contributed by atoms with E-state index in [9.17, 15) is 0 Å². The molecule has 3 N–H and O–H groups in total. The van der Waals surface area contributed by atoms with E-state index in [-0.39, 0.29) is 6.61 Å². The molecule has 1 fully saturated rings. The largest absolute Gasteiger partial charge is 0.395 e. The maximum absolute atomic E-state index is 8.88. The lowest BCUT2D eigenvalue weighted by Gasteiger charge is -2.35. The predicted molar refractivity (Wildman–Crippen MR) is 67.9 cm³/mol. The minimum absolute atomic E-state index is 0.243. The number of pyridine rings is 1. The van der Waals surface area contributed by atoms with Crippen LogP contribution in [-0.4, -0.2) is 54.3 Å². The fraction of sp³-hybridized carbons (Fsp3) is 0.583. The molecule has 1 aliphatic heterocycles. The standard InChI is InChI=1S/C12H20N4O/c13-9-11-1-2-12(10-14-11)16-5-3-15(4-6-16)7-8-17/h1-2,10,17H,3-9,13H2. The molecule has 1 saturated heterocycles. The molecule has 5 heteroatoms. The molecule has 1 aromatic heterocycles. The van der Waals surface area contributed by atoms with Crippen LogP contribution in [0, 0.1) is 0 Å². The lowest BCUT2D eigenvalue weighted by atomic mass is 10.2. The number of rotatable bonds is 4. The van der Waals surface area contributed by atoms with Crippen molar-refractivity contribution in [3.8, 4) is 0 Å². The Labute approximate surface area is 102 Å². The van der Waals surface area contributed by atoms with E-state index >= 15 is 0 Å². The smallest absolute Gasteiger partial charge is 0.0558 e. The zero-order valence-corrected chi connectivity index (χ0v) is 10.0. The first-order valence-corrected chi connectivity index (χ1v) is 6.06. The molecule has 1 aromatic rings. The summed E-state index contributed by atoms with van der Waals surface area (Å²) in [5, 5.41) is 8.88. The van der Waals surface area contributed by atoms with Crippen LogP contribution >= 0.6 is 0 Å². The number of nitrogens with two attached hydrogens (primary N) is 1. The molecule has 0 atom stereocenters. The Hall–Kier alpha value is -1.17. The first-order chi connectivity index (χ1) is 8.33. The van der Waals surface area contributed by atoms with Crippen LogP contribution in [0.1, 0.15) is 5.69 Å². The van der Waals surface area contributed by atoms with Gasteiger partial charge in [-0.3, -0.25) is 9.88 Å². The zero-order chi connectivity index (χ0) is 12.1. The van der Waals surface area contributed by atoms with E-state index in [0.29, 0.717) is 6.54 Å². The number of hydrogen-bond acceptors (Lipinski definition) is 5. The average Bonchev–Trinajstić information content (AvgIpc) is 2.40. The average molecular weight is 236 g/mol. The van der Waals surface area contributed by atoms with E-state index in [1.807, 2.05) is 12.3 Å². The van der Waals surface area contributed by atoms with Gasteiger partial charge in [0.15, 0.2) is 0 Å². The highest BCUT2D eigenvalue weighted by molar-refractivity contribution is 5.45. The van der Waals surface area contributed by atoms with E-state index in [2.05, 4.69) is 20.9 Å². The second kappa shape index (κ2) is 5.95. The van der Waals surface area contributed by atoms with Crippen LogP contribution < -0.4 is 10.6 Å². The van der Waals surface area contributed by atoms with E-state index in [1.165, 1.54) is 0 Å². The minimum atomic E-state index is 0.243. The fourth-order valence-electron chi connectivity index (χ4n) is 2.10. The predicted octanol–water partition coefficient (Wildman–Crippen LogP) is -0.345. The van der Waals surface area contributed by atoms with Gasteiger partial charge in [0, 0.05) is 39.3 Å². The fourth-order valence-corrected chi connectivity index (χ4v) is 2.10. The van der Waals surface area contributed by atoms with Crippen molar-refractivity contribution < 1.29 is 5.11 Å². The van der Waals surface area contributed by atoms with Crippen molar-refractivity contribution in [1.82, 2.24) is 9.88 Å². The normalized spacial score (nSPS) is 17.4. The Bertz CT molecular complexity index is 333. The molecule has 2 rings (SSSR count). The summed E-state index contributed by atoms with van der Waals surface area (Å²) in [6.07, 6.45) is 1.89.